The number of hydrogen-bond donors (Lipinski definition) is 0. The number of carbonyl (C=O) groups is 3. The van der Waals surface area contributed by atoms with Crippen LogP contribution in [0.5, 0.6) is 0 Å². The molecule has 0 aliphatic carbocycles. The minimum Gasteiger partial charge on any atom is -0.467 e. The molecule has 2 aliphatic heterocycles. The van der Waals surface area contributed by atoms with Gasteiger partial charge in [0.1, 0.15) is 5.41 Å². The Hall–Kier alpha value is -1.94. The highest BCUT2D eigenvalue weighted by atomic mass is 32.2. The lowest BCUT2D eigenvalue weighted by molar-refractivity contribution is -0.163. The molecular formula is C14H20N2O7S. The normalized spacial score (nSPS) is 26.7. The Morgan fingerprint density at radius 1 is 1.38 bits per heavy atom. The molecule has 1 saturated heterocycles. The van der Waals surface area contributed by atoms with Crippen molar-refractivity contribution in [1.29, 1.82) is 0 Å². The van der Waals surface area contributed by atoms with Gasteiger partial charge in [0, 0.05) is 0 Å². The van der Waals surface area contributed by atoms with Crippen molar-refractivity contribution >= 4 is 27.9 Å². The summed E-state index contributed by atoms with van der Waals surface area (Å²) in [5.41, 5.74) is -1.44. The van der Waals surface area contributed by atoms with Crippen molar-refractivity contribution in [2.24, 2.45) is 5.41 Å². The molecule has 2 heterocycles. The fourth-order valence-corrected chi connectivity index (χ4v) is 3.33. The summed E-state index contributed by atoms with van der Waals surface area (Å²) in [4.78, 5) is 37.6. The molecule has 1 fully saturated rings. The number of carbonyl (C=O) groups excluding carboxylic acids is 3. The number of nitrogens with zero attached hydrogens (tertiary/aromatic N) is 2. The summed E-state index contributed by atoms with van der Waals surface area (Å²) in [5, 5.41) is 2.30. The first kappa shape index (κ1) is 18.4. The summed E-state index contributed by atoms with van der Waals surface area (Å²) in [6.07, 6.45) is 4.09. The largest absolute Gasteiger partial charge is 0.467 e. The summed E-state index contributed by atoms with van der Waals surface area (Å²) in [6.45, 7) is 1.53. The molecular weight excluding hydrogens is 340 g/mol. The zero-order valence-electron chi connectivity index (χ0n) is 13.7. The maximum atomic E-state index is 12.9. The molecule has 2 amide bonds. The van der Waals surface area contributed by atoms with E-state index in [1.54, 1.807) is 13.0 Å². The maximum absolute atomic E-state index is 12.9. The van der Waals surface area contributed by atoms with Crippen LogP contribution < -0.4 is 0 Å². The Balaban J connectivity index is 2.30. The zero-order valence-corrected chi connectivity index (χ0v) is 14.5. The Morgan fingerprint density at radius 2 is 2.04 bits per heavy atom. The van der Waals surface area contributed by atoms with E-state index in [1.807, 2.05) is 0 Å². The first-order chi connectivity index (χ1) is 11.2. The molecule has 2 unspecified atom stereocenters. The van der Waals surface area contributed by atoms with E-state index in [9.17, 15) is 22.8 Å². The molecule has 134 valence electrons. The Labute approximate surface area is 140 Å². The van der Waals surface area contributed by atoms with Crippen LogP contribution in [0.3, 0.4) is 0 Å². The van der Waals surface area contributed by atoms with Crippen molar-refractivity contribution in [1.82, 2.24) is 10.0 Å². The van der Waals surface area contributed by atoms with Gasteiger partial charge in [-0.05, 0) is 12.8 Å². The van der Waals surface area contributed by atoms with Gasteiger partial charge >= 0.3 is 5.97 Å². The summed E-state index contributed by atoms with van der Waals surface area (Å²) in [5.74, 6) is -1.67. The predicted octanol–water partition coefficient (Wildman–Crippen LogP) is -0.554. The van der Waals surface area contributed by atoms with Crippen LogP contribution in [0.1, 0.15) is 19.8 Å². The average molecular weight is 360 g/mol. The highest BCUT2D eigenvalue weighted by Crippen LogP contribution is 2.40. The van der Waals surface area contributed by atoms with Crippen LogP contribution in [0, 0.1) is 5.41 Å². The standard InChI is InChI=1S/C14H20N2O7S/c1-4-14(7-9-23-24(3,20)21)12(18)15-8-5-6-10(11(17)22-2)16(15)13(14)19/h5-6,10H,4,7-9H2,1-3H3. The van der Waals surface area contributed by atoms with Crippen LogP contribution >= 0.6 is 0 Å². The van der Waals surface area contributed by atoms with Gasteiger partial charge in [-0.25, -0.2) is 14.8 Å². The zero-order chi connectivity index (χ0) is 18.1. The number of ether oxygens (including phenoxy) is 1. The Kier molecular flexibility index (Phi) is 5.00. The van der Waals surface area contributed by atoms with Gasteiger partial charge in [0.25, 0.3) is 21.9 Å². The van der Waals surface area contributed by atoms with Gasteiger partial charge < -0.3 is 4.74 Å². The van der Waals surface area contributed by atoms with E-state index in [4.69, 9.17) is 0 Å². The van der Waals surface area contributed by atoms with Crippen LogP contribution in [0.25, 0.3) is 0 Å². The van der Waals surface area contributed by atoms with Crippen molar-refractivity contribution < 1.29 is 31.7 Å². The van der Waals surface area contributed by atoms with Gasteiger partial charge in [-0.15, -0.1) is 0 Å². The van der Waals surface area contributed by atoms with E-state index in [1.165, 1.54) is 18.2 Å². The summed E-state index contributed by atoms with van der Waals surface area (Å²) in [6, 6.07) is -1.01. The molecule has 0 aromatic carbocycles. The van der Waals surface area contributed by atoms with Crippen LogP contribution in [0.15, 0.2) is 12.2 Å². The molecule has 0 radical (unpaired) electrons. The number of rotatable bonds is 6. The highest BCUT2D eigenvalue weighted by molar-refractivity contribution is 7.85. The van der Waals surface area contributed by atoms with E-state index in [0.29, 0.717) is 0 Å². The fourth-order valence-electron chi connectivity index (χ4n) is 2.94. The van der Waals surface area contributed by atoms with Gasteiger partial charge in [0.05, 0.1) is 26.5 Å². The lowest BCUT2D eigenvalue weighted by Gasteiger charge is -2.33. The Morgan fingerprint density at radius 3 is 2.58 bits per heavy atom. The number of fused-ring (bicyclic) bond motifs is 1. The predicted molar refractivity (Wildman–Crippen MR) is 81.6 cm³/mol. The molecule has 0 spiro atoms. The number of methoxy groups -OCH3 is 1. The van der Waals surface area contributed by atoms with Crippen molar-refractivity contribution in [3.05, 3.63) is 12.2 Å². The molecule has 0 saturated carbocycles. The van der Waals surface area contributed by atoms with Crippen molar-refractivity contribution in [2.75, 3.05) is 26.5 Å². The van der Waals surface area contributed by atoms with Crippen LogP contribution in [0.2, 0.25) is 0 Å². The van der Waals surface area contributed by atoms with Gasteiger partial charge in [-0.3, -0.25) is 13.8 Å². The second kappa shape index (κ2) is 6.52. The van der Waals surface area contributed by atoms with E-state index >= 15 is 0 Å². The third-order valence-corrected chi connectivity index (χ3v) is 4.85. The smallest absolute Gasteiger partial charge is 0.334 e. The number of amides is 2. The third kappa shape index (κ3) is 3.03. The van der Waals surface area contributed by atoms with E-state index < -0.39 is 39.4 Å². The topological polar surface area (TPSA) is 110 Å². The Bertz CT molecular complexity index is 687. The molecule has 0 aromatic heterocycles. The second-order valence-electron chi connectivity index (χ2n) is 5.64. The van der Waals surface area contributed by atoms with Crippen molar-refractivity contribution in [3.8, 4) is 0 Å². The first-order valence-electron chi connectivity index (χ1n) is 7.42. The first-order valence-corrected chi connectivity index (χ1v) is 9.24. The molecule has 24 heavy (non-hydrogen) atoms. The number of esters is 1. The summed E-state index contributed by atoms with van der Waals surface area (Å²) in [7, 11) is -2.48. The minimum absolute atomic E-state index is 0.0882. The summed E-state index contributed by atoms with van der Waals surface area (Å²) < 4.78 is 31.6. The minimum atomic E-state index is -3.68. The monoisotopic (exact) mass is 360 g/mol. The van der Waals surface area contributed by atoms with Crippen molar-refractivity contribution in [3.63, 3.8) is 0 Å². The second-order valence-corrected chi connectivity index (χ2v) is 7.29. The highest BCUT2D eigenvalue weighted by Gasteiger charge is 2.59. The molecule has 9 nitrogen and oxygen atoms in total. The number of hydrazine groups is 1. The average Bonchev–Trinajstić information content (AvgIpc) is 2.75. The van der Waals surface area contributed by atoms with Crippen LogP contribution in [0.4, 0.5) is 0 Å². The van der Waals surface area contributed by atoms with Gasteiger partial charge in [-0.2, -0.15) is 8.42 Å². The van der Waals surface area contributed by atoms with E-state index in [2.05, 4.69) is 8.92 Å². The van der Waals surface area contributed by atoms with Crippen LogP contribution in [-0.2, 0) is 33.4 Å². The van der Waals surface area contributed by atoms with Crippen LogP contribution in [-0.4, -0.2) is 68.8 Å². The molecule has 0 aromatic rings. The van der Waals surface area contributed by atoms with Gasteiger partial charge in [-0.1, -0.05) is 19.1 Å². The molecule has 2 rings (SSSR count). The third-order valence-electron chi connectivity index (χ3n) is 4.25. The molecule has 0 bridgehead atoms. The van der Waals surface area contributed by atoms with Gasteiger partial charge in [0.15, 0.2) is 6.04 Å². The molecule has 2 aliphatic rings. The lowest BCUT2D eigenvalue weighted by Crippen LogP contribution is -2.52. The number of hydrogen-bond acceptors (Lipinski definition) is 7. The SMILES string of the molecule is CCC1(CCOS(C)(=O)=O)C(=O)N2CC=CC(C(=O)OC)N2C1=O. The van der Waals surface area contributed by atoms with Gasteiger partial charge in [0.2, 0.25) is 0 Å². The quantitative estimate of drug-likeness (QED) is 0.270. The molecule has 0 N–H and O–H groups in total. The van der Waals surface area contributed by atoms with Crippen molar-refractivity contribution in [2.45, 2.75) is 25.8 Å². The van der Waals surface area contributed by atoms with E-state index in [0.717, 1.165) is 11.3 Å². The maximum Gasteiger partial charge on any atom is 0.334 e. The summed E-state index contributed by atoms with van der Waals surface area (Å²) >= 11 is 0. The fraction of sp³-hybridized carbons (Fsp3) is 0.643. The lowest BCUT2D eigenvalue weighted by atomic mass is 9.81. The van der Waals surface area contributed by atoms with E-state index in [-0.39, 0.29) is 26.0 Å². The molecule has 10 heteroatoms. The molecule has 2 atom stereocenters.